The molecule has 2 fully saturated rings. The molecule has 2 saturated heterocycles. The number of imidazole rings is 2. The van der Waals surface area contributed by atoms with Crippen molar-refractivity contribution in [3.05, 3.63) is 78.8 Å². The molecule has 5 heterocycles. The topological polar surface area (TPSA) is 188 Å². The molecule has 304 valence electrons. The van der Waals surface area contributed by atoms with Gasteiger partial charge in [0, 0.05) is 53.8 Å². The fourth-order valence-corrected chi connectivity index (χ4v) is 8.14. The van der Waals surface area contributed by atoms with E-state index in [1.54, 1.807) is 16.0 Å². The Hall–Kier alpha value is -6.25. The van der Waals surface area contributed by atoms with Crippen molar-refractivity contribution in [2.24, 2.45) is 11.8 Å². The van der Waals surface area contributed by atoms with E-state index in [9.17, 15) is 19.2 Å². The van der Waals surface area contributed by atoms with Gasteiger partial charge in [0.05, 0.1) is 43.2 Å². The van der Waals surface area contributed by atoms with E-state index in [2.05, 4.69) is 44.9 Å². The van der Waals surface area contributed by atoms with Crippen molar-refractivity contribution < 1.29 is 28.7 Å². The van der Waals surface area contributed by atoms with Crippen LogP contribution in [0.1, 0.15) is 77.1 Å². The van der Waals surface area contributed by atoms with Crippen LogP contribution in [0.5, 0.6) is 0 Å². The highest BCUT2D eigenvalue weighted by molar-refractivity contribution is 6.02. The Labute approximate surface area is 337 Å². The molecule has 0 unspecified atom stereocenters. The zero-order valence-electron chi connectivity index (χ0n) is 33.7. The van der Waals surface area contributed by atoms with Crippen molar-refractivity contribution in [1.82, 2.24) is 45.4 Å². The number of aromatic amines is 2. The maximum absolute atomic E-state index is 13.7. The van der Waals surface area contributed by atoms with Crippen LogP contribution in [0, 0.1) is 11.8 Å². The maximum Gasteiger partial charge on any atom is 0.407 e. The average Bonchev–Trinajstić information content (AvgIpc) is 4.08. The molecule has 15 nitrogen and oxygen atoms in total. The van der Waals surface area contributed by atoms with Crippen molar-refractivity contribution in [3.63, 3.8) is 0 Å². The summed E-state index contributed by atoms with van der Waals surface area (Å²) in [4.78, 5) is 76.3. The summed E-state index contributed by atoms with van der Waals surface area (Å²) in [5, 5.41) is 6.35. The van der Waals surface area contributed by atoms with E-state index in [0.29, 0.717) is 24.7 Å². The fourth-order valence-electron chi connectivity index (χ4n) is 8.14. The van der Waals surface area contributed by atoms with Gasteiger partial charge in [-0.25, -0.2) is 19.6 Å². The molecule has 4 N–H and O–H groups in total. The summed E-state index contributed by atoms with van der Waals surface area (Å²) in [7, 11) is 2.57. The van der Waals surface area contributed by atoms with Crippen LogP contribution in [0.2, 0.25) is 0 Å². The Morgan fingerprint density at radius 1 is 0.690 bits per heavy atom. The number of nitrogens with one attached hydrogen (secondary N) is 4. The molecule has 2 aliphatic rings. The molecular formula is C43H51N9O6. The van der Waals surface area contributed by atoms with E-state index in [1.165, 1.54) is 14.2 Å². The SMILES string of the molecule is COC(=O)N[C@H](C(=O)N1CCC[C@H]1c1nc(-c2ccc(-c3ccc(-c4c[nH]c([C@@H]5CCCN5C(=O)[C@@H](NC(=O)OC)C(C)C)n4)c4cccnc34)cc2)c[nH]1)C(C)C. The van der Waals surface area contributed by atoms with Gasteiger partial charge < -0.3 is 39.9 Å². The second kappa shape index (κ2) is 17.1. The molecule has 0 spiro atoms. The number of carbonyl (C=O) groups excluding carboxylic acids is 4. The number of hydrogen-bond donors (Lipinski definition) is 4. The first kappa shape index (κ1) is 40.0. The number of likely N-dealkylation sites (tertiary alicyclic amines) is 2. The minimum atomic E-state index is -0.710. The number of aromatic nitrogens is 5. The van der Waals surface area contributed by atoms with E-state index >= 15 is 0 Å². The Morgan fingerprint density at radius 2 is 1.19 bits per heavy atom. The lowest BCUT2D eigenvalue weighted by atomic mass is 9.96. The molecule has 5 aromatic rings. The molecule has 3 aromatic heterocycles. The summed E-state index contributed by atoms with van der Waals surface area (Å²) < 4.78 is 9.55. The second-order valence-electron chi connectivity index (χ2n) is 15.6. The number of fused-ring (bicyclic) bond motifs is 1. The lowest BCUT2D eigenvalue weighted by molar-refractivity contribution is -0.136. The Morgan fingerprint density at radius 3 is 1.72 bits per heavy atom. The molecule has 0 aliphatic carbocycles. The lowest BCUT2D eigenvalue weighted by Gasteiger charge is -2.29. The van der Waals surface area contributed by atoms with Crippen LogP contribution in [0.4, 0.5) is 9.59 Å². The number of H-pyrrole nitrogens is 2. The van der Waals surface area contributed by atoms with Crippen LogP contribution >= 0.6 is 0 Å². The predicted octanol–water partition coefficient (Wildman–Crippen LogP) is 6.77. The minimum absolute atomic E-state index is 0.116. The van der Waals surface area contributed by atoms with E-state index in [4.69, 9.17) is 24.4 Å². The van der Waals surface area contributed by atoms with Crippen LogP contribution in [0.3, 0.4) is 0 Å². The van der Waals surface area contributed by atoms with Gasteiger partial charge in [0.25, 0.3) is 0 Å². The summed E-state index contributed by atoms with van der Waals surface area (Å²) in [6.45, 7) is 8.75. The highest BCUT2D eigenvalue weighted by Crippen LogP contribution is 2.38. The van der Waals surface area contributed by atoms with Gasteiger partial charge in [-0.1, -0.05) is 70.2 Å². The lowest BCUT2D eigenvalue weighted by Crippen LogP contribution is -2.51. The number of alkyl carbamates (subject to hydrolysis) is 2. The fraction of sp³-hybridized carbons (Fsp3) is 0.419. The zero-order chi connectivity index (χ0) is 41.1. The summed E-state index contributed by atoms with van der Waals surface area (Å²) in [6, 6.07) is 14.4. The van der Waals surface area contributed by atoms with Crippen molar-refractivity contribution in [2.45, 2.75) is 77.5 Å². The number of benzene rings is 2. The first-order chi connectivity index (χ1) is 28.0. The number of rotatable bonds is 11. The van der Waals surface area contributed by atoms with Crippen molar-refractivity contribution >= 4 is 34.9 Å². The van der Waals surface area contributed by atoms with Crippen molar-refractivity contribution in [3.8, 4) is 33.6 Å². The molecule has 0 saturated carbocycles. The summed E-state index contributed by atoms with van der Waals surface area (Å²) in [5.41, 5.74) is 6.14. The van der Waals surface area contributed by atoms with E-state index < -0.39 is 24.3 Å². The molecule has 4 atom stereocenters. The van der Waals surface area contributed by atoms with Gasteiger partial charge in [-0.05, 0) is 49.1 Å². The third-order valence-corrected chi connectivity index (χ3v) is 11.2. The number of hydrogen-bond acceptors (Lipinski definition) is 9. The molecule has 0 radical (unpaired) electrons. The van der Waals surface area contributed by atoms with Gasteiger partial charge >= 0.3 is 12.2 Å². The van der Waals surface area contributed by atoms with Crippen molar-refractivity contribution in [2.75, 3.05) is 27.3 Å². The third-order valence-electron chi connectivity index (χ3n) is 11.2. The number of methoxy groups -OCH3 is 2. The zero-order valence-corrected chi connectivity index (χ0v) is 33.7. The summed E-state index contributed by atoms with van der Waals surface area (Å²) in [6.07, 6.45) is 7.45. The molecule has 15 heteroatoms. The quantitative estimate of drug-likeness (QED) is 0.112. The Bertz CT molecular complexity index is 2280. The van der Waals surface area contributed by atoms with E-state index in [0.717, 1.165) is 70.2 Å². The first-order valence-corrected chi connectivity index (χ1v) is 19.9. The standard InChI is InChI=1S/C43H51N9O6/c1-24(2)35(49-42(55)57-5)40(53)51-20-8-11-33(51)38-45-22-31(47-38)27-15-13-26(14-16-27)28-17-18-29(30-10-7-19-44-37(28)30)32-23-46-39(48-32)34-12-9-21-52(34)41(54)36(25(3)4)50-43(56)58-6/h7,10,13-19,22-25,33-36H,8-9,11-12,20-21H2,1-6H3,(H,45,47)(H,46,48)(H,49,55)(H,50,56)/t33-,34-,35-,36-/m0/s1. The van der Waals surface area contributed by atoms with Gasteiger partial charge in [0.15, 0.2) is 0 Å². The van der Waals surface area contributed by atoms with Gasteiger partial charge in [0.2, 0.25) is 11.8 Å². The predicted molar refractivity (Wildman–Crippen MR) is 218 cm³/mol. The van der Waals surface area contributed by atoms with Gasteiger partial charge in [-0.2, -0.15) is 0 Å². The van der Waals surface area contributed by atoms with Crippen molar-refractivity contribution in [1.29, 1.82) is 0 Å². The maximum atomic E-state index is 13.7. The third kappa shape index (κ3) is 7.98. The summed E-state index contributed by atoms with van der Waals surface area (Å²) in [5.74, 6) is 0.860. The second-order valence-corrected chi connectivity index (χ2v) is 15.6. The number of pyridine rings is 1. The Kier molecular flexibility index (Phi) is 11.8. The number of carbonyl (C=O) groups is 4. The highest BCUT2D eigenvalue weighted by atomic mass is 16.5. The average molecular weight is 790 g/mol. The number of amides is 4. The van der Waals surface area contributed by atoms with E-state index in [-0.39, 0.29) is 35.7 Å². The largest absolute Gasteiger partial charge is 0.453 e. The van der Waals surface area contributed by atoms with Gasteiger partial charge in [0.1, 0.15) is 23.7 Å². The minimum Gasteiger partial charge on any atom is -0.453 e. The molecule has 0 bridgehead atoms. The van der Waals surface area contributed by atoms with Crippen LogP contribution in [-0.2, 0) is 19.1 Å². The van der Waals surface area contributed by atoms with Crippen LogP contribution in [0.15, 0.2) is 67.1 Å². The Balaban J connectivity index is 1.09. The van der Waals surface area contributed by atoms with E-state index in [1.807, 2.05) is 64.4 Å². The summed E-state index contributed by atoms with van der Waals surface area (Å²) >= 11 is 0. The van der Waals surface area contributed by atoms with Crippen LogP contribution in [0.25, 0.3) is 44.5 Å². The van der Waals surface area contributed by atoms with Crippen LogP contribution < -0.4 is 10.6 Å². The smallest absolute Gasteiger partial charge is 0.407 e. The molecular weight excluding hydrogens is 739 g/mol. The highest BCUT2D eigenvalue weighted by Gasteiger charge is 2.39. The van der Waals surface area contributed by atoms with Gasteiger partial charge in [-0.15, -0.1) is 0 Å². The normalized spacial score (nSPS) is 17.8. The molecule has 2 aromatic carbocycles. The van der Waals surface area contributed by atoms with Crippen LogP contribution in [-0.4, -0.2) is 98.1 Å². The molecule has 7 rings (SSSR count). The monoisotopic (exact) mass is 789 g/mol. The number of nitrogens with zero attached hydrogens (tertiary/aromatic N) is 5. The molecule has 4 amide bonds. The number of ether oxygens (including phenoxy) is 2. The van der Waals surface area contributed by atoms with Gasteiger partial charge in [-0.3, -0.25) is 14.6 Å². The molecule has 58 heavy (non-hydrogen) atoms. The molecule has 2 aliphatic heterocycles. The first-order valence-electron chi connectivity index (χ1n) is 19.9.